The number of hydrogen-bond donors (Lipinski definition) is 2. The number of nitrogens with two attached hydrogens (primary N) is 1. The molecule has 7 heteroatoms. The summed E-state index contributed by atoms with van der Waals surface area (Å²) in [4.78, 5) is 6.05. The van der Waals surface area contributed by atoms with Crippen LogP contribution >= 0.6 is 23.2 Å². The number of nitrogens with zero attached hydrogens (tertiary/aromatic N) is 3. The second kappa shape index (κ2) is 5.97. The Labute approximate surface area is 126 Å². The van der Waals surface area contributed by atoms with E-state index in [1.807, 2.05) is 7.05 Å². The number of nitrogen functional groups attached to an aromatic ring is 1. The van der Waals surface area contributed by atoms with Crippen LogP contribution < -0.4 is 16.2 Å². The van der Waals surface area contributed by atoms with Crippen molar-refractivity contribution in [3.8, 4) is 6.07 Å². The van der Waals surface area contributed by atoms with E-state index in [1.165, 1.54) is 0 Å². The minimum atomic E-state index is 0.339. The van der Waals surface area contributed by atoms with E-state index in [0.29, 0.717) is 27.2 Å². The molecule has 0 radical (unpaired) electrons. The van der Waals surface area contributed by atoms with Gasteiger partial charge >= 0.3 is 0 Å². The third-order valence-corrected chi connectivity index (χ3v) is 3.32. The molecule has 102 valence electrons. The van der Waals surface area contributed by atoms with Crippen molar-refractivity contribution in [2.45, 2.75) is 0 Å². The summed E-state index contributed by atoms with van der Waals surface area (Å²) in [5.74, 6) is 6.20. The zero-order chi connectivity index (χ0) is 14.7. The highest BCUT2D eigenvalue weighted by atomic mass is 35.5. The van der Waals surface area contributed by atoms with E-state index >= 15 is 0 Å². The minimum Gasteiger partial charge on any atom is -0.328 e. The predicted molar refractivity (Wildman–Crippen MR) is 81.3 cm³/mol. The van der Waals surface area contributed by atoms with E-state index in [0.717, 1.165) is 5.69 Å². The summed E-state index contributed by atoms with van der Waals surface area (Å²) < 4.78 is 0. The molecule has 2 rings (SSSR count). The van der Waals surface area contributed by atoms with Gasteiger partial charge in [0.1, 0.15) is 0 Å². The summed E-state index contributed by atoms with van der Waals surface area (Å²) >= 11 is 12.1. The molecule has 0 aliphatic carbocycles. The molecule has 0 bridgehead atoms. The zero-order valence-electron chi connectivity index (χ0n) is 10.6. The average molecular weight is 308 g/mol. The monoisotopic (exact) mass is 307 g/mol. The second-order valence-corrected chi connectivity index (χ2v) is 4.80. The van der Waals surface area contributed by atoms with E-state index in [2.05, 4.69) is 16.5 Å². The first kappa shape index (κ1) is 14.4. The van der Waals surface area contributed by atoms with Gasteiger partial charge in [-0.2, -0.15) is 5.26 Å². The van der Waals surface area contributed by atoms with Gasteiger partial charge in [-0.15, -0.1) is 0 Å². The Morgan fingerprint density at radius 1 is 1.25 bits per heavy atom. The molecule has 0 saturated heterocycles. The van der Waals surface area contributed by atoms with Gasteiger partial charge in [-0.25, -0.2) is 10.8 Å². The Bertz CT molecular complexity index is 664. The Hall–Kier alpha value is -2.00. The molecule has 20 heavy (non-hydrogen) atoms. The molecule has 0 aliphatic rings. The number of rotatable bonds is 3. The molecule has 0 saturated carbocycles. The molecule has 1 aromatic carbocycles. The molecule has 0 unspecified atom stereocenters. The number of hydrogen-bond acceptors (Lipinski definition) is 5. The first-order valence-electron chi connectivity index (χ1n) is 5.63. The molecule has 0 aliphatic heterocycles. The van der Waals surface area contributed by atoms with Gasteiger partial charge in [-0.05, 0) is 30.3 Å². The molecule has 0 atom stereocenters. The van der Waals surface area contributed by atoms with Crippen LogP contribution in [0.1, 0.15) is 5.56 Å². The summed E-state index contributed by atoms with van der Waals surface area (Å²) in [5, 5.41) is 9.54. The van der Waals surface area contributed by atoms with Crippen LogP contribution in [0.15, 0.2) is 30.3 Å². The third-order valence-electron chi connectivity index (χ3n) is 2.75. The normalized spacial score (nSPS) is 9.95. The first-order valence-corrected chi connectivity index (χ1v) is 6.39. The number of hydrazine groups is 1. The van der Waals surface area contributed by atoms with Crippen LogP contribution in [0.5, 0.6) is 0 Å². The molecular formula is C13H11Cl2N5. The quantitative estimate of drug-likeness (QED) is 0.672. The fourth-order valence-electron chi connectivity index (χ4n) is 1.68. The van der Waals surface area contributed by atoms with Crippen LogP contribution in [0.25, 0.3) is 0 Å². The number of nitrogens with one attached hydrogen (secondary N) is 1. The van der Waals surface area contributed by atoms with Crippen molar-refractivity contribution < 1.29 is 0 Å². The Morgan fingerprint density at radius 3 is 2.45 bits per heavy atom. The number of anilines is 3. The molecule has 1 aromatic heterocycles. The molecule has 0 amide bonds. The maximum atomic E-state index is 8.79. The molecular weight excluding hydrogens is 297 g/mol. The van der Waals surface area contributed by atoms with E-state index in [1.54, 1.807) is 35.2 Å². The third kappa shape index (κ3) is 2.78. The number of halogens is 2. The van der Waals surface area contributed by atoms with Crippen LogP contribution in [-0.2, 0) is 0 Å². The number of nitriles is 1. The highest BCUT2D eigenvalue weighted by molar-refractivity contribution is 6.37. The first-order chi connectivity index (χ1) is 9.56. The van der Waals surface area contributed by atoms with Gasteiger partial charge < -0.3 is 10.3 Å². The van der Waals surface area contributed by atoms with Crippen molar-refractivity contribution >= 4 is 40.5 Å². The van der Waals surface area contributed by atoms with Gasteiger partial charge in [-0.1, -0.05) is 23.2 Å². The highest BCUT2D eigenvalue weighted by Gasteiger charge is 2.13. The molecule has 0 fully saturated rings. The van der Waals surface area contributed by atoms with Crippen LogP contribution in [-0.4, -0.2) is 12.0 Å². The van der Waals surface area contributed by atoms with Crippen molar-refractivity contribution in [1.29, 1.82) is 5.26 Å². The van der Waals surface area contributed by atoms with Crippen molar-refractivity contribution in [3.05, 3.63) is 45.9 Å². The molecule has 1 heterocycles. The van der Waals surface area contributed by atoms with E-state index in [-0.39, 0.29) is 0 Å². The maximum absolute atomic E-state index is 8.79. The summed E-state index contributed by atoms with van der Waals surface area (Å²) in [7, 11) is 1.81. The van der Waals surface area contributed by atoms with E-state index < -0.39 is 0 Å². The smallest absolute Gasteiger partial charge is 0.161 e. The maximum Gasteiger partial charge on any atom is 0.161 e. The lowest BCUT2D eigenvalue weighted by Gasteiger charge is -2.20. The van der Waals surface area contributed by atoms with Gasteiger partial charge in [0.25, 0.3) is 0 Å². The molecule has 2 aromatic rings. The van der Waals surface area contributed by atoms with Crippen molar-refractivity contribution in [2.24, 2.45) is 5.84 Å². The van der Waals surface area contributed by atoms with Crippen molar-refractivity contribution in [3.63, 3.8) is 0 Å². The lowest BCUT2D eigenvalue weighted by molar-refractivity contribution is 1.11. The lowest BCUT2D eigenvalue weighted by atomic mass is 10.2. The number of aromatic nitrogens is 1. The van der Waals surface area contributed by atoms with Gasteiger partial charge in [0.05, 0.1) is 21.7 Å². The summed E-state index contributed by atoms with van der Waals surface area (Å²) in [6, 6.07) is 10.7. The van der Waals surface area contributed by atoms with Gasteiger partial charge in [-0.3, -0.25) is 0 Å². The van der Waals surface area contributed by atoms with Gasteiger partial charge in [0.15, 0.2) is 11.6 Å². The zero-order valence-corrected chi connectivity index (χ0v) is 12.1. The SMILES string of the molecule is CN(c1ccc(C#N)cc1)c1nc(NN)c(Cl)cc1Cl. The Morgan fingerprint density at radius 2 is 1.90 bits per heavy atom. The van der Waals surface area contributed by atoms with Crippen molar-refractivity contribution in [2.75, 3.05) is 17.4 Å². The molecule has 0 spiro atoms. The van der Waals surface area contributed by atoms with Crippen molar-refractivity contribution in [1.82, 2.24) is 4.98 Å². The average Bonchev–Trinajstić information content (AvgIpc) is 2.47. The number of pyridine rings is 1. The summed E-state index contributed by atoms with van der Waals surface area (Å²) in [6.45, 7) is 0. The van der Waals surface area contributed by atoms with Gasteiger partial charge in [0, 0.05) is 12.7 Å². The second-order valence-electron chi connectivity index (χ2n) is 3.99. The van der Waals surface area contributed by atoms with E-state index in [4.69, 9.17) is 34.3 Å². The van der Waals surface area contributed by atoms with E-state index in [9.17, 15) is 0 Å². The topological polar surface area (TPSA) is 78.0 Å². The highest BCUT2D eigenvalue weighted by Crippen LogP contribution is 2.33. The fraction of sp³-hybridized carbons (Fsp3) is 0.0769. The summed E-state index contributed by atoms with van der Waals surface area (Å²) in [5.41, 5.74) is 3.84. The summed E-state index contributed by atoms with van der Waals surface area (Å²) in [6.07, 6.45) is 0. The Kier molecular flexibility index (Phi) is 4.30. The molecule has 5 nitrogen and oxygen atoms in total. The number of benzene rings is 1. The Balaban J connectivity index is 2.42. The predicted octanol–water partition coefficient (Wildman–Crippen LogP) is 3.31. The fourth-order valence-corrected chi connectivity index (χ4v) is 2.22. The minimum absolute atomic E-state index is 0.339. The standard InChI is InChI=1S/C13H11Cl2N5/c1-20(9-4-2-8(7-16)3-5-9)13-11(15)6-10(14)12(18-13)19-17/h2-6H,17H2,1H3,(H,18,19). The van der Waals surface area contributed by atoms with Crippen LogP contribution in [0.2, 0.25) is 10.0 Å². The lowest BCUT2D eigenvalue weighted by Crippen LogP contribution is -2.15. The van der Waals surface area contributed by atoms with Crippen LogP contribution in [0.3, 0.4) is 0 Å². The molecule has 3 N–H and O–H groups in total. The van der Waals surface area contributed by atoms with Gasteiger partial charge in [0.2, 0.25) is 0 Å². The largest absolute Gasteiger partial charge is 0.328 e. The van der Waals surface area contributed by atoms with Crippen LogP contribution in [0.4, 0.5) is 17.3 Å². The van der Waals surface area contributed by atoms with Crippen LogP contribution in [0, 0.1) is 11.3 Å².